The molecule has 5 aromatic carbocycles. The highest BCUT2D eigenvalue weighted by molar-refractivity contribution is 6.00. The third kappa shape index (κ3) is 4.36. The quantitative estimate of drug-likeness (QED) is 0.118. The average molecular weight is 490 g/mol. The van der Waals surface area contributed by atoms with Crippen LogP contribution in [0.5, 0.6) is 11.5 Å². The second kappa shape index (κ2) is 9.14. The lowest BCUT2D eigenvalue weighted by molar-refractivity contribution is 0.0719. The molecule has 5 rings (SSSR count). The lowest BCUT2D eigenvalue weighted by Gasteiger charge is -2.09. The van der Waals surface area contributed by atoms with E-state index < -0.39 is 46.3 Å². The van der Waals surface area contributed by atoms with Crippen molar-refractivity contribution in [3.8, 4) is 11.5 Å². The summed E-state index contributed by atoms with van der Waals surface area (Å²) in [7, 11) is 0. The van der Waals surface area contributed by atoms with E-state index in [1.54, 1.807) is 30.3 Å². The molecule has 0 aliphatic carbocycles. The summed E-state index contributed by atoms with van der Waals surface area (Å²) in [4.78, 5) is 24.6. The zero-order chi connectivity index (χ0) is 25.4. The maximum Gasteiger partial charge on any atom is 0.346 e. The zero-order valence-corrected chi connectivity index (χ0v) is 18.2. The van der Waals surface area contributed by atoms with Crippen molar-refractivity contribution in [2.24, 2.45) is 0 Å². The van der Waals surface area contributed by atoms with Crippen LogP contribution < -0.4 is 9.47 Å². The van der Waals surface area contributed by atoms with Crippen LogP contribution in [0.25, 0.3) is 21.5 Å². The van der Waals surface area contributed by atoms with Gasteiger partial charge in [0.1, 0.15) is 11.5 Å². The van der Waals surface area contributed by atoms with Gasteiger partial charge in [-0.25, -0.2) is 27.2 Å². The first-order valence-corrected chi connectivity index (χ1v) is 10.6. The van der Waals surface area contributed by atoms with Gasteiger partial charge in [0, 0.05) is 0 Å². The lowest BCUT2D eigenvalue weighted by atomic mass is 10.0. The Morgan fingerprint density at radius 2 is 0.917 bits per heavy atom. The van der Waals surface area contributed by atoms with E-state index in [2.05, 4.69) is 0 Å². The molecule has 0 saturated carbocycles. The number of carbonyl (C=O) groups excluding carboxylic acids is 2. The van der Waals surface area contributed by atoms with Crippen LogP contribution in [0.15, 0.2) is 84.9 Å². The minimum atomic E-state index is -1.30. The Bertz CT molecular complexity index is 1560. The summed E-state index contributed by atoms with van der Waals surface area (Å²) < 4.78 is 65.1. The van der Waals surface area contributed by atoms with Crippen molar-refractivity contribution in [1.29, 1.82) is 0 Å². The van der Waals surface area contributed by atoms with Crippen LogP contribution in [-0.2, 0) is 0 Å². The van der Waals surface area contributed by atoms with Gasteiger partial charge in [-0.3, -0.25) is 0 Å². The number of carbonyl (C=O) groups is 2. The van der Waals surface area contributed by atoms with E-state index in [0.717, 1.165) is 35.0 Å². The Labute approximate surface area is 201 Å². The van der Waals surface area contributed by atoms with E-state index in [1.807, 2.05) is 6.07 Å². The highest BCUT2D eigenvalue weighted by Gasteiger charge is 2.18. The molecule has 0 spiro atoms. The molecule has 4 nitrogen and oxygen atoms in total. The van der Waals surface area contributed by atoms with E-state index >= 15 is 0 Å². The second-order valence-electron chi connectivity index (χ2n) is 7.85. The Kier molecular flexibility index (Phi) is 5.85. The molecule has 8 heteroatoms. The predicted molar refractivity (Wildman–Crippen MR) is 124 cm³/mol. The summed E-state index contributed by atoms with van der Waals surface area (Å²) in [5.41, 5.74) is -1.07. The van der Waals surface area contributed by atoms with Gasteiger partial charge in [0.2, 0.25) is 0 Å². The fraction of sp³-hybridized carbons (Fsp3) is 0. The van der Waals surface area contributed by atoms with Crippen molar-refractivity contribution >= 4 is 33.5 Å². The Hall–Kier alpha value is -4.72. The van der Waals surface area contributed by atoms with E-state index in [0.29, 0.717) is 10.8 Å². The summed E-state index contributed by atoms with van der Waals surface area (Å²) in [5, 5.41) is 2.89. The first-order valence-electron chi connectivity index (χ1n) is 10.6. The molecule has 0 aliphatic heterocycles. The molecule has 0 amide bonds. The highest BCUT2D eigenvalue weighted by atomic mass is 19.2. The van der Waals surface area contributed by atoms with Crippen LogP contribution in [0.4, 0.5) is 17.6 Å². The maximum absolute atomic E-state index is 13.9. The van der Waals surface area contributed by atoms with Crippen LogP contribution in [0.2, 0.25) is 0 Å². The van der Waals surface area contributed by atoms with Gasteiger partial charge in [0.25, 0.3) is 0 Å². The van der Waals surface area contributed by atoms with Gasteiger partial charge in [-0.15, -0.1) is 0 Å². The standard InChI is InChI=1S/C28H14F4O4/c29-23-5-1-3-21(25(23)31)27(33)35-19-9-7-15-11-16-8-10-20(14-18(16)12-17(15)13-19)36-28(34)22-4-2-6-24(30)26(22)32/h1-14H. The third-order valence-corrected chi connectivity index (χ3v) is 5.50. The first kappa shape index (κ1) is 23.0. The molecule has 0 saturated heterocycles. The zero-order valence-electron chi connectivity index (χ0n) is 18.2. The minimum absolute atomic E-state index is 0.111. The summed E-state index contributed by atoms with van der Waals surface area (Å²) >= 11 is 0. The van der Waals surface area contributed by atoms with Crippen molar-refractivity contribution in [2.45, 2.75) is 0 Å². The summed E-state index contributed by atoms with van der Waals surface area (Å²) in [6.45, 7) is 0. The summed E-state index contributed by atoms with van der Waals surface area (Å²) in [6, 6.07) is 19.5. The van der Waals surface area contributed by atoms with Gasteiger partial charge in [0.15, 0.2) is 23.3 Å². The number of fused-ring (bicyclic) bond motifs is 2. The molecule has 5 aromatic rings. The smallest absolute Gasteiger partial charge is 0.346 e. The molecule has 0 unspecified atom stereocenters. The predicted octanol–water partition coefficient (Wildman–Crippen LogP) is 6.99. The topological polar surface area (TPSA) is 52.6 Å². The summed E-state index contributed by atoms with van der Waals surface area (Å²) in [5.74, 6) is -6.79. The van der Waals surface area contributed by atoms with E-state index in [-0.39, 0.29) is 11.5 Å². The van der Waals surface area contributed by atoms with Crippen LogP contribution in [-0.4, -0.2) is 11.9 Å². The first-order chi connectivity index (χ1) is 17.3. The van der Waals surface area contributed by atoms with Crippen LogP contribution in [0.3, 0.4) is 0 Å². The largest absolute Gasteiger partial charge is 0.423 e. The van der Waals surface area contributed by atoms with Crippen LogP contribution in [0, 0.1) is 23.3 Å². The van der Waals surface area contributed by atoms with Gasteiger partial charge in [0.05, 0.1) is 11.1 Å². The van der Waals surface area contributed by atoms with Crippen molar-refractivity contribution in [3.05, 3.63) is 119 Å². The van der Waals surface area contributed by atoms with E-state index in [4.69, 9.17) is 9.47 Å². The number of rotatable bonds is 4. The fourth-order valence-electron chi connectivity index (χ4n) is 3.73. The molecule has 0 N–H and O–H groups in total. The van der Waals surface area contributed by atoms with Crippen molar-refractivity contribution in [1.82, 2.24) is 0 Å². The number of benzene rings is 5. The molecule has 0 atom stereocenters. The van der Waals surface area contributed by atoms with Gasteiger partial charge in [-0.05, 0) is 82.2 Å². The molecule has 0 radical (unpaired) electrons. The lowest BCUT2D eigenvalue weighted by Crippen LogP contribution is -2.11. The van der Waals surface area contributed by atoms with Crippen LogP contribution >= 0.6 is 0 Å². The maximum atomic E-state index is 13.9. The number of hydrogen-bond donors (Lipinski definition) is 0. The number of hydrogen-bond acceptors (Lipinski definition) is 4. The molecule has 0 fully saturated rings. The molecule has 178 valence electrons. The molecule has 0 aromatic heterocycles. The van der Waals surface area contributed by atoms with Gasteiger partial charge in [-0.1, -0.05) is 24.3 Å². The Morgan fingerprint density at radius 1 is 0.500 bits per heavy atom. The Morgan fingerprint density at radius 3 is 1.36 bits per heavy atom. The molecular weight excluding hydrogens is 476 g/mol. The van der Waals surface area contributed by atoms with Crippen LogP contribution in [0.1, 0.15) is 20.7 Å². The molecular formula is C28H14F4O4. The molecule has 0 heterocycles. The van der Waals surface area contributed by atoms with Gasteiger partial charge in [-0.2, -0.15) is 0 Å². The summed E-state index contributed by atoms with van der Waals surface area (Å²) in [6.07, 6.45) is 0. The van der Waals surface area contributed by atoms with E-state index in [1.165, 1.54) is 24.3 Å². The van der Waals surface area contributed by atoms with E-state index in [9.17, 15) is 27.2 Å². The second-order valence-corrected chi connectivity index (χ2v) is 7.85. The monoisotopic (exact) mass is 490 g/mol. The SMILES string of the molecule is O=C(Oc1ccc2cc3ccc(OC(=O)c4cccc(F)c4F)cc3cc2c1)c1cccc(F)c1F. The van der Waals surface area contributed by atoms with Crippen molar-refractivity contribution in [2.75, 3.05) is 0 Å². The van der Waals surface area contributed by atoms with Gasteiger partial charge < -0.3 is 9.47 Å². The van der Waals surface area contributed by atoms with Gasteiger partial charge >= 0.3 is 11.9 Å². The number of esters is 2. The van der Waals surface area contributed by atoms with Crippen molar-refractivity contribution < 1.29 is 36.6 Å². The normalized spacial score (nSPS) is 11.0. The molecule has 0 bridgehead atoms. The highest BCUT2D eigenvalue weighted by Crippen LogP contribution is 2.29. The molecule has 0 aliphatic rings. The average Bonchev–Trinajstić information content (AvgIpc) is 2.86. The Balaban J connectivity index is 1.43. The fourth-order valence-corrected chi connectivity index (χ4v) is 3.73. The van der Waals surface area contributed by atoms with Crippen molar-refractivity contribution in [3.63, 3.8) is 0 Å². The number of halogens is 4. The number of ether oxygens (including phenoxy) is 2. The minimum Gasteiger partial charge on any atom is -0.423 e. The molecule has 36 heavy (non-hydrogen) atoms. The third-order valence-electron chi connectivity index (χ3n) is 5.50.